The lowest BCUT2D eigenvalue weighted by Gasteiger charge is -2.15. The molecule has 0 spiro atoms. The van der Waals surface area contributed by atoms with Gasteiger partial charge in [0.2, 0.25) is 0 Å². The predicted molar refractivity (Wildman–Crippen MR) is 90.0 cm³/mol. The number of hydrogen-bond acceptors (Lipinski definition) is 8. The van der Waals surface area contributed by atoms with E-state index in [9.17, 15) is 19.2 Å². The van der Waals surface area contributed by atoms with Crippen molar-refractivity contribution in [3.63, 3.8) is 0 Å². The topological polar surface area (TPSA) is 105 Å². The van der Waals surface area contributed by atoms with Crippen molar-refractivity contribution in [2.75, 3.05) is 13.2 Å². The highest BCUT2D eigenvalue weighted by Crippen LogP contribution is 2.08. The first-order valence-corrected chi connectivity index (χ1v) is 9.07. The third-order valence-electron chi connectivity index (χ3n) is 3.76. The van der Waals surface area contributed by atoms with Crippen molar-refractivity contribution in [1.29, 1.82) is 0 Å². The standard InChI is InChI=1S/C18H28O8/c1-13-9-11-23-15(19)6-4-8-18(22)26-14(2)10-12-24-16(20)5-3-7-17(21)25-13/h13-14H,3-12H2,1-2H3. The molecule has 0 aliphatic carbocycles. The van der Waals surface area contributed by atoms with Gasteiger partial charge in [-0.2, -0.15) is 0 Å². The van der Waals surface area contributed by atoms with Crippen molar-refractivity contribution in [3.05, 3.63) is 0 Å². The van der Waals surface area contributed by atoms with Crippen LogP contribution in [0.25, 0.3) is 0 Å². The molecule has 0 bridgehead atoms. The summed E-state index contributed by atoms with van der Waals surface area (Å²) in [6.45, 7) is 3.70. The lowest BCUT2D eigenvalue weighted by molar-refractivity contribution is -0.151. The molecule has 0 aromatic carbocycles. The Hall–Kier alpha value is -2.12. The van der Waals surface area contributed by atoms with Gasteiger partial charge in [-0.15, -0.1) is 0 Å². The van der Waals surface area contributed by atoms with Gasteiger partial charge in [0.05, 0.1) is 13.2 Å². The minimum atomic E-state index is -0.398. The monoisotopic (exact) mass is 372 g/mol. The molecule has 1 fully saturated rings. The average molecular weight is 372 g/mol. The van der Waals surface area contributed by atoms with Gasteiger partial charge in [-0.3, -0.25) is 19.2 Å². The Balaban J connectivity index is 2.49. The van der Waals surface area contributed by atoms with Crippen molar-refractivity contribution in [3.8, 4) is 0 Å². The zero-order chi connectivity index (χ0) is 19.4. The van der Waals surface area contributed by atoms with Crippen LogP contribution in [0.4, 0.5) is 0 Å². The SMILES string of the molecule is CC1CCOC(=O)CCCC(=O)OC(C)CCOC(=O)CCCC(=O)O1. The van der Waals surface area contributed by atoms with Crippen LogP contribution in [0.5, 0.6) is 0 Å². The van der Waals surface area contributed by atoms with E-state index in [-0.39, 0.29) is 51.1 Å². The second-order valence-corrected chi connectivity index (χ2v) is 6.33. The Morgan fingerprint density at radius 2 is 0.962 bits per heavy atom. The molecule has 148 valence electrons. The van der Waals surface area contributed by atoms with Gasteiger partial charge in [0.1, 0.15) is 12.2 Å². The van der Waals surface area contributed by atoms with E-state index in [4.69, 9.17) is 18.9 Å². The van der Waals surface area contributed by atoms with Crippen LogP contribution in [-0.4, -0.2) is 49.3 Å². The molecule has 1 aliphatic rings. The molecule has 0 aromatic heterocycles. The highest BCUT2D eigenvalue weighted by Gasteiger charge is 2.15. The summed E-state index contributed by atoms with van der Waals surface area (Å²) in [4.78, 5) is 46.6. The van der Waals surface area contributed by atoms with Crippen LogP contribution in [-0.2, 0) is 38.1 Å². The van der Waals surface area contributed by atoms with Crippen molar-refractivity contribution >= 4 is 23.9 Å². The number of carbonyl (C=O) groups excluding carboxylic acids is 4. The van der Waals surface area contributed by atoms with Crippen LogP contribution >= 0.6 is 0 Å². The normalized spacial score (nSPS) is 26.1. The quantitative estimate of drug-likeness (QED) is 0.470. The average Bonchev–Trinajstić information content (AvgIpc) is 2.53. The molecule has 8 heteroatoms. The first kappa shape index (κ1) is 21.9. The number of ether oxygens (including phenoxy) is 4. The summed E-state index contributed by atoms with van der Waals surface area (Å²) in [5.41, 5.74) is 0. The zero-order valence-corrected chi connectivity index (χ0v) is 15.5. The lowest BCUT2D eigenvalue weighted by Crippen LogP contribution is -2.20. The largest absolute Gasteiger partial charge is 0.466 e. The maximum Gasteiger partial charge on any atom is 0.306 e. The molecule has 1 aliphatic heterocycles. The van der Waals surface area contributed by atoms with Gasteiger partial charge < -0.3 is 18.9 Å². The Kier molecular flexibility index (Phi) is 10.3. The van der Waals surface area contributed by atoms with Gasteiger partial charge >= 0.3 is 23.9 Å². The molecule has 26 heavy (non-hydrogen) atoms. The van der Waals surface area contributed by atoms with Crippen molar-refractivity contribution in [1.82, 2.24) is 0 Å². The third kappa shape index (κ3) is 10.7. The van der Waals surface area contributed by atoms with Gasteiger partial charge in [0.15, 0.2) is 0 Å². The minimum Gasteiger partial charge on any atom is -0.466 e. The molecule has 0 radical (unpaired) electrons. The summed E-state index contributed by atoms with van der Waals surface area (Å²) in [6.07, 6.45) is 1.16. The molecule has 0 aromatic rings. The number of cyclic esters (lactones) is 4. The molecule has 2 unspecified atom stereocenters. The Morgan fingerprint density at radius 3 is 1.35 bits per heavy atom. The second kappa shape index (κ2) is 12.3. The number of esters is 4. The maximum absolute atomic E-state index is 11.7. The van der Waals surface area contributed by atoms with E-state index in [1.54, 1.807) is 13.8 Å². The number of hydrogen-bond donors (Lipinski definition) is 0. The smallest absolute Gasteiger partial charge is 0.306 e. The van der Waals surface area contributed by atoms with Crippen molar-refractivity contribution in [2.45, 2.75) is 77.4 Å². The van der Waals surface area contributed by atoms with Crippen molar-refractivity contribution < 1.29 is 38.1 Å². The van der Waals surface area contributed by atoms with E-state index in [0.717, 1.165) is 0 Å². The summed E-state index contributed by atoms with van der Waals surface area (Å²) in [7, 11) is 0. The Labute approximate surface area is 153 Å². The van der Waals surface area contributed by atoms with E-state index in [2.05, 4.69) is 0 Å². The lowest BCUT2D eigenvalue weighted by atomic mass is 10.2. The zero-order valence-electron chi connectivity index (χ0n) is 15.5. The van der Waals surface area contributed by atoms with Gasteiger partial charge in [0, 0.05) is 38.5 Å². The van der Waals surface area contributed by atoms with Gasteiger partial charge in [-0.1, -0.05) is 0 Å². The van der Waals surface area contributed by atoms with Crippen LogP contribution in [0.2, 0.25) is 0 Å². The number of carbonyl (C=O) groups is 4. The molecule has 2 atom stereocenters. The minimum absolute atomic E-state index is 0.118. The first-order chi connectivity index (χ1) is 12.4. The summed E-state index contributed by atoms with van der Waals surface area (Å²) in [6, 6.07) is 0. The molecule has 8 nitrogen and oxygen atoms in total. The molecular weight excluding hydrogens is 344 g/mol. The fraction of sp³-hybridized carbons (Fsp3) is 0.778. The fourth-order valence-electron chi connectivity index (χ4n) is 2.26. The van der Waals surface area contributed by atoms with E-state index in [1.807, 2.05) is 0 Å². The van der Waals surface area contributed by atoms with Crippen LogP contribution in [0, 0.1) is 0 Å². The molecule has 0 saturated carbocycles. The highest BCUT2D eigenvalue weighted by molar-refractivity contribution is 5.73. The van der Waals surface area contributed by atoms with Crippen LogP contribution in [0.15, 0.2) is 0 Å². The number of rotatable bonds is 0. The maximum atomic E-state index is 11.7. The van der Waals surface area contributed by atoms with Gasteiger partial charge in [-0.05, 0) is 26.7 Å². The highest BCUT2D eigenvalue weighted by atomic mass is 16.6. The van der Waals surface area contributed by atoms with Crippen molar-refractivity contribution in [2.24, 2.45) is 0 Å². The second-order valence-electron chi connectivity index (χ2n) is 6.33. The van der Waals surface area contributed by atoms with E-state index in [0.29, 0.717) is 25.7 Å². The van der Waals surface area contributed by atoms with E-state index in [1.165, 1.54) is 0 Å². The summed E-state index contributed by atoms with van der Waals surface area (Å²) in [5, 5.41) is 0. The molecule has 0 amide bonds. The summed E-state index contributed by atoms with van der Waals surface area (Å²) < 4.78 is 20.5. The fourth-order valence-corrected chi connectivity index (χ4v) is 2.26. The summed E-state index contributed by atoms with van der Waals surface area (Å²) >= 11 is 0. The first-order valence-electron chi connectivity index (χ1n) is 9.07. The van der Waals surface area contributed by atoms with E-state index >= 15 is 0 Å². The molecule has 1 heterocycles. The molecule has 0 N–H and O–H groups in total. The third-order valence-corrected chi connectivity index (χ3v) is 3.76. The van der Waals surface area contributed by atoms with Crippen LogP contribution in [0.1, 0.15) is 65.2 Å². The predicted octanol–water partition coefficient (Wildman–Crippen LogP) is 2.07. The molecular formula is C18H28O8. The summed E-state index contributed by atoms with van der Waals surface area (Å²) in [5.74, 6) is -1.59. The van der Waals surface area contributed by atoms with E-state index < -0.39 is 23.9 Å². The van der Waals surface area contributed by atoms with Crippen LogP contribution in [0.3, 0.4) is 0 Å². The molecule has 1 saturated heterocycles. The molecule has 1 rings (SSSR count). The van der Waals surface area contributed by atoms with Crippen LogP contribution < -0.4 is 0 Å². The van der Waals surface area contributed by atoms with Gasteiger partial charge in [0.25, 0.3) is 0 Å². The Bertz CT molecular complexity index is 444. The Morgan fingerprint density at radius 1 is 0.615 bits per heavy atom. The van der Waals surface area contributed by atoms with Gasteiger partial charge in [-0.25, -0.2) is 0 Å².